The fourth-order valence-corrected chi connectivity index (χ4v) is 3.27. The van der Waals surface area contributed by atoms with Gasteiger partial charge >= 0.3 is 0 Å². The smallest absolute Gasteiger partial charge is 0.250 e. The molecule has 5 nitrogen and oxygen atoms in total. The van der Waals surface area contributed by atoms with Gasteiger partial charge < -0.3 is 4.98 Å². The van der Waals surface area contributed by atoms with Gasteiger partial charge in [-0.05, 0) is 25.1 Å². The van der Waals surface area contributed by atoms with Gasteiger partial charge in [-0.25, -0.2) is 4.98 Å². The van der Waals surface area contributed by atoms with E-state index in [1.807, 2.05) is 36.6 Å². The molecule has 6 heteroatoms. The van der Waals surface area contributed by atoms with Gasteiger partial charge in [-0.15, -0.1) is 11.3 Å². The standard InChI is InChI=1S/C18H14N4OS/c1-11-10-24-18(20-11)22-17(23)7-6-12-8-14-13-4-2-3-5-15(13)21-16(14)9-19-12/h2-10,21H,1H3,(H,20,22,23)/b7-6+. The number of nitrogens with zero attached hydrogens (tertiary/aromatic N) is 2. The van der Waals surface area contributed by atoms with Gasteiger partial charge in [-0.1, -0.05) is 18.2 Å². The van der Waals surface area contributed by atoms with Crippen molar-refractivity contribution in [1.82, 2.24) is 15.0 Å². The Hall–Kier alpha value is -2.99. The van der Waals surface area contributed by atoms with Crippen molar-refractivity contribution < 1.29 is 4.79 Å². The maximum atomic E-state index is 12.0. The van der Waals surface area contributed by atoms with E-state index in [-0.39, 0.29) is 5.91 Å². The van der Waals surface area contributed by atoms with E-state index in [0.717, 1.165) is 33.2 Å². The van der Waals surface area contributed by atoms with Crippen molar-refractivity contribution in [2.24, 2.45) is 0 Å². The van der Waals surface area contributed by atoms with Crippen LogP contribution in [0.5, 0.6) is 0 Å². The van der Waals surface area contributed by atoms with E-state index in [1.165, 1.54) is 17.4 Å². The second kappa shape index (κ2) is 5.90. The van der Waals surface area contributed by atoms with Gasteiger partial charge in [-0.2, -0.15) is 0 Å². The van der Waals surface area contributed by atoms with Crippen LogP contribution in [0.1, 0.15) is 11.4 Å². The lowest BCUT2D eigenvalue weighted by atomic mass is 10.1. The Balaban J connectivity index is 1.59. The summed E-state index contributed by atoms with van der Waals surface area (Å²) in [6, 6.07) is 10.1. The zero-order valence-electron chi connectivity index (χ0n) is 12.9. The molecule has 0 unspecified atom stereocenters. The topological polar surface area (TPSA) is 70.7 Å². The van der Waals surface area contributed by atoms with Crippen molar-refractivity contribution in [2.45, 2.75) is 6.92 Å². The minimum atomic E-state index is -0.217. The van der Waals surface area contributed by atoms with Gasteiger partial charge in [-0.3, -0.25) is 15.1 Å². The normalized spacial score (nSPS) is 11.5. The summed E-state index contributed by atoms with van der Waals surface area (Å²) in [6.45, 7) is 1.89. The highest BCUT2D eigenvalue weighted by Gasteiger charge is 2.05. The minimum absolute atomic E-state index is 0.217. The van der Waals surface area contributed by atoms with Gasteiger partial charge in [0, 0.05) is 27.7 Å². The number of H-pyrrole nitrogens is 1. The van der Waals surface area contributed by atoms with Crippen molar-refractivity contribution in [2.75, 3.05) is 5.32 Å². The van der Waals surface area contributed by atoms with Gasteiger partial charge in [0.1, 0.15) is 0 Å². The lowest BCUT2D eigenvalue weighted by Crippen LogP contribution is -2.07. The number of fused-ring (bicyclic) bond motifs is 3. The maximum absolute atomic E-state index is 12.0. The van der Waals surface area contributed by atoms with Gasteiger partial charge in [0.25, 0.3) is 0 Å². The quantitative estimate of drug-likeness (QED) is 0.553. The molecular weight excluding hydrogens is 320 g/mol. The number of benzene rings is 1. The van der Waals surface area contributed by atoms with Crippen LogP contribution in [0.2, 0.25) is 0 Å². The van der Waals surface area contributed by atoms with E-state index in [4.69, 9.17) is 0 Å². The molecule has 0 atom stereocenters. The third-order valence-electron chi connectivity index (χ3n) is 3.67. The Kier molecular flexibility index (Phi) is 3.59. The zero-order chi connectivity index (χ0) is 16.5. The number of hydrogen-bond donors (Lipinski definition) is 2. The second-order valence-corrected chi connectivity index (χ2v) is 6.30. The Morgan fingerprint density at radius 3 is 2.96 bits per heavy atom. The number of aromatic amines is 1. The van der Waals surface area contributed by atoms with Crippen molar-refractivity contribution in [3.8, 4) is 0 Å². The molecule has 2 N–H and O–H groups in total. The van der Waals surface area contributed by atoms with Gasteiger partial charge in [0.05, 0.1) is 23.1 Å². The van der Waals surface area contributed by atoms with E-state index in [2.05, 4.69) is 26.3 Å². The van der Waals surface area contributed by atoms with Crippen molar-refractivity contribution in [3.05, 3.63) is 59.4 Å². The number of thiazole rings is 1. The average molecular weight is 334 g/mol. The molecule has 0 radical (unpaired) electrons. The largest absolute Gasteiger partial charge is 0.353 e. The molecule has 0 fully saturated rings. The first-order valence-electron chi connectivity index (χ1n) is 7.47. The highest BCUT2D eigenvalue weighted by atomic mass is 32.1. The summed E-state index contributed by atoms with van der Waals surface area (Å²) < 4.78 is 0. The molecule has 3 aromatic heterocycles. The van der Waals surface area contributed by atoms with Crippen LogP contribution < -0.4 is 5.32 Å². The number of carbonyl (C=O) groups excluding carboxylic acids is 1. The van der Waals surface area contributed by atoms with E-state index in [0.29, 0.717) is 5.13 Å². The molecule has 118 valence electrons. The summed E-state index contributed by atoms with van der Waals surface area (Å²) in [6.07, 6.45) is 4.97. The first kappa shape index (κ1) is 14.6. The summed E-state index contributed by atoms with van der Waals surface area (Å²) >= 11 is 1.41. The number of rotatable bonds is 3. The van der Waals surface area contributed by atoms with Crippen molar-refractivity contribution in [1.29, 1.82) is 0 Å². The number of para-hydroxylation sites is 1. The number of hydrogen-bond acceptors (Lipinski definition) is 4. The molecule has 0 saturated heterocycles. The van der Waals surface area contributed by atoms with Gasteiger partial charge in [0.15, 0.2) is 5.13 Å². The Morgan fingerprint density at radius 1 is 1.25 bits per heavy atom. The van der Waals surface area contributed by atoms with Crippen LogP contribution >= 0.6 is 11.3 Å². The number of carbonyl (C=O) groups is 1. The van der Waals surface area contributed by atoms with E-state index in [1.54, 1.807) is 12.3 Å². The molecule has 0 aliphatic rings. The summed E-state index contributed by atoms with van der Waals surface area (Å²) in [5.74, 6) is -0.217. The molecule has 4 aromatic rings. The summed E-state index contributed by atoms with van der Waals surface area (Å²) in [5.41, 5.74) is 3.69. The highest BCUT2D eigenvalue weighted by Crippen LogP contribution is 2.25. The third kappa shape index (κ3) is 2.79. The fraction of sp³-hybridized carbons (Fsp3) is 0.0556. The molecular formula is C18H14N4OS. The molecule has 1 amide bonds. The minimum Gasteiger partial charge on any atom is -0.353 e. The molecule has 24 heavy (non-hydrogen) atoms. The van der Waals surface area contributed by atoms with E-state index < -0.39 is 0 Å². The Morgan fingerprint density at radius 2 is 2.12 bits per heavy atom. The van der Waals surface area contributed by atoms with E-state index >= 15 is 0 Å². The number of nitrogens with one attached hydrogen (secondary N) is 2. The predicted molar refractivity (Wildman–Crippen MR) is 98.1 cm³/mol. The summed E-state index contributed by atoms with van der Waals surface area (Å²) in [5, 5.41) is 7.48. The molecule has 0 aliphatic heterocycles. The van der Waals surface area contributed by atoms with Crippen LogP contribution in [0.15, 0.2) is 48.0 Å². The summed E-state index contributed by atoms with van der Waals surface area (Å²) in [7, 11) is 0. The van der Waals surface area contributed by atoms with Gasteiger partial charge in [0.2, 0.25) is 5.91 Å². The van der Waals surface area contributed by atoms with Crippen LogP contribution in [0.3, 0.4) is 0 Å². The first-order valence-corrected chi connectivity index (χ1v) is 8.35. The molecule has 3 heterocycles. The molecule has 0 spiro atoms. The molecule has 1 aromatic carbocycles. The van der Waals surface area contributed by atoms with Crippen LogP contribution in [0.4, 0.5) is 5.13 Å². The molecule has 4 rings (SSSR count). The monoisotopic (exact) mass is 334 g/mol. The maximum Gasteiger partial charge on any atom is 0.250 e. The number of aryl methyl sites for hydroxylation is 1. The zero-order valence-corrected chi connectivity index (χ0v) is 13.7. The second-order valence-electron chi connectivity index (χ2n) is 5.44. The molecule has 0 aliphatic carbocycles. The Labute approximate surface area is 142 Å². The van der Waals surface area contributed by atoms with Crippen LogP contribution in [-0.4, -0.2) is 20.9 Å². The summed E-state index contributed by atoms with van der Waals surface area (Å²) in [4.78, 5) is 23.9. The van der Waals surface area contributed by atoms with Crippen LogP contribution in [0, 0.1) is 6.92 Å². The fourth-order valence-electron chi connectivity index (χ4n) is 2.58. The molecule has 0 bridgehead atoms. The predicted octanol–water partition coefficient (Wildman–Crippen LogP) is 4.13. The SMILES string of the molecule is Cc1csc(NC(=O)/C=C/c2cc3c(cn2)[nH]c2ccccc23)n1. The first-order chi connectivity index (χ1) is 11.7. The van der Waals surface area contributed by atoms with Crippen LogP contribution in [0.25, 0.3) is 27.9 Å². The highest BCUT2D eigenvalue weighted by molar-refractivity contribution is 7.13. The molecule has 0 saturated carbocycles. The number of anilines is 1. The lowest BCUT2D eigenvalue weighted by Gasteiger charge is -1.97. The van der Waals surface area contributed by atoms with Crippen molar-refractivity contribution in [3.63, 3.8) is 0 Å². The van der Waals surface area contributed by atoms with E-state index in [9.17, 15) is 4.79 Å². The Bertz CT molecular complexity index is 1080. The number of aromatic nitrogens is 3. The average Bonchev–Trinajstić information content (AvgIpc) is 3.16. The van der Waals surface area contributed by atoms with Crippen LogP contribution in [-0.2, 0) is 4.79 Å². The lowest BCUT2D eigenvalue weighted by molar-refractivity contribution is -0.111. The number of amides is 1. The third-order valence-corrected chi connectivity index (χ3v) is 4.54. The van der Waals surface area contributed by atoms with Crippen molar-refractivity contribution >= 4 is 50.3 Å². The number of pyridine rings is 1.